The molecule has 4 heterocycles. The van der Waals surface area contributed by atoms with Gasteiger partial charge in [-0.05, 0) is 69.2 Å². The lowest BCUT2D eigenvalue weighted by atomic mass is 10.00. The number of para-hydroxylation sites is 4. The summed E-state index contributed by atoms with van der Waals surface area (Å²) in [6, 6.07) is 62.0. The first kappa shape index (κ1) is 33.3. The van der Waals surface area contributed by atoms with Gasteiger partial charge in [0.15, 0.2) is 14.2 Å². The van der Waals surface area contributed by atoms with Crippen molar-refractivity contribution in [1.29, 1.82) is 0 Å². The maximum atomic E-state index is 16.8. The van der Waals surface area contributed by atoms with Crippen LogP contribution in [0.2, 0.25) is 0 Å². The van der Waals surface area contributed by atoms with E-state index in [1.165, 1.54) is 15.6 Å². The molecule has 7 aromatic carbocycles. The van der Waals surface area contributed by atoms with Gasteiger partial charge in [0, 0.05) is 35.1 Å². The van der Waals surface area contributed by atoms with Crippen molar-refractivity contribution in [2.45, 2.75) is 6.17 Å². The van der Waals surface area contributed by atoms with Gasteiger partial charge >= 0.3 is 0 Å². The molecule has 1 aliphatic heterocycles. The third-order valence-electron chi connectivity index (χ3n) is 11.6. The Morgan fingerprint density at radius 1 is 0.614 bits per heavy atom. The van der Waals surface area contributed by atoms with Crippen LogP contribution in [0.1, 0.15) is 17.3 Å². The monoisotopic (exact) mass is 754 g/mol. The molecule has 7 heteroatoms. The summed E-state index contributed by atoms with van der Waals surface area (Å²) in [5, 5.41) is 6.80. The summed E-state index contributed by atoms with van der Waals surface area (Å²) in [4.78, 5) is 10.2. The third-order valence-corrected chi connectivity index (χ3v) is 16.4. The largest absolute Gasteiger partial charge is 0.457 e. The Balaban J connectivity index is 1.09. The normalized spacial score (nSPS) is 13.6. The van der Waals surface area contributed by atoms with E-state index in [1.807, 2.05) is 98.2 Å². The molecule has 1 atom stereocenters. The van der Waals surface area contributed by atoms with Crippen LogP contribution in [0, 0.1) is 0 Å². The number of halogens is 1. The van der Waals surface area contributed by atoms with Crippen molar-refractivity contribution in [3.8, 4) is 28.6 Å². The highest BCUT2D eigenvalue weighted by Gasteiger charge is 2.49. The molecule has 0 aliphatic carbocycles. The van der Waals surface area contributed by atoms with Crippen LogP contribution in [0.5, 0.6) is 11.5 Å². The van der Waals surface area contributed by atoms with E-state index in [9.17, 15) is 0 Å². The lowest BCUT2D eigenvalue weighted by Gasteiger charge is -2.39. The molecule has 0 saturated carbocycles. The minimum Gasteiger partial charge on any atom is -0.457 e. The Kier molecular flexibility index (Phi) is 7.59. The summed E-state index contributed by atoms with van der Waals surface area (Å²) >= 11 is 0. The fraction of sp³-hybridized carbons (Fsp3) is 0.0400. The number of nitrogens with zero attached hydrogens (tertiary/aromatic N) is 4. The van der Waals surface area contributed by atoms with Crippen LogP contribution in [-0.2, 0) is 7.05 Å². The van der Waals surface area contributed by atoms with E-state index in [0.29, 0.717) is 11.1 Å². The molecular formula is C50H35FN4OSi. The average Bonchev–Trinajstić information content (AvgIpc) is 3.81. The molecule has 3 aromatic heterocycles. The van der Waals surface area contributed by atoms with Crippen molar-refractivity contribution in [3.63, 3.8) is 0 Å². The molecule has 10 aromatic rings. The first-order valence-electron chi connectivity index (χ1n) is 19.2. The maximum absolute atomic E-state index is 16.8. The Hall–Kier alpha value is -7.09. The lowest BCUT2D eigenvalue weighted by molar-refractivity contribution is 0.402. The van der Waals surface area contributed by atoms with Gasteiger partial charge in [0.25, 0.3) is 0 Å². The Morgan fingerprint density at radius 2 is 1.26 bits per heavy atom. The molecule has 0 radical (unpaired) electrons. The number of pyridine rings is 1. The van der Waals surface area contributed by atoms with E-state index in [0.717, 1.165) is 66.7 Å². The van der Waals surface area contributed by atoms with E-state index in [1.54, 1.807) is 0 Å². The molecule has 0 saturated heterocycles. The van der Waals surface area contributed by atoms with Crippen LogP contribution < -0.4 is 25.5 Å². The van der Waals surface area contributed by atoms with Gasteiger partial charge in [-0.25, -0.2) is 14.4 Å². The lowest BCUT2D eigenvalue weighted by Crippen LogP contribution is -2.76. The van der Waals surface area contributed by atoms with Crippen LogP contribution in [0.4, 0.5) is 4.39 Å². The second-order valence-corrected chi connectivity index (χ2v) is 18.4. The smallest absolute Gasteiger partial charge is 0.190 e. The highest BCUT2D eigenvalue weighted by atomic mass is 28.3. The Labute approximate surface area is 329 Å². The number of hydrogen-bond acceptors (Lipinski definition) is 3. The predicted octanol–water partition coefficient (Wildman–Crippen LogP) is 9.27. The number of hydrogen-bond donors (Lipinski definition) is 0. The fourth-order valence-corrected chi connectivity index (χ4v) is 13.9. The number of imidazole rings is 1. The third kappa shape index (κ3) is 4.99. The highest BCUT2D eigenvalue weighted by molar-refractivity contribution is 7.20. The molecule has 1 aliphatic rings. The van der Waals surface area contributed by atoms with Crippen LogP contribution in [0.3, 0.4) is 0 Å². The van der Waals surface area contributed by atoms with E-state index in [-0.39, 0.29) is 0 Å². The quantitative estimate of drug-likeness (QED) is 0.159. The average molecular weight is 755 g/mol. The zero-order valence-electron chi connectivity index (χ0n) is 31.1. The molecule has 0 amide bonds. The van der Waals surface area contributed by atoms with Crippen molar-refractivity contribution >= 4 is 61.8 Å². The van der Waals surface area contributed by atoms with Crippen LogP contribution in [-0.4, -0.2) is 27.2 Å². The van der Waals surface area contributed by atoms with Crippen LogP contribution >= 0.6 is 0 Å². The van der Waals surface area contributed by atoms with E-state index >= 15 is 4.39 Å². The molecule has 11 rings (SSSR count). The van der Waals surface area contributed by atoms with Gasteiger partial charge in [-0.1, -0.05) is 140 Å². The molecule has 5 nitrogen and oxygen atoms in total. The molecule has 0 bridgehead atoms. The molecule has 0 N–H and O–H groups in total. The van der Waals surface area contributed by atoms with Crippen molar-refractivity contribution in [1.82, 2.24) is 19.1 Å². The molecular weight excluding hydrogens is 720 g/mol. The van der Waals surface area contributed by atoms with Crippen LogP contribution in [0.25, 0.3) is 50.0 Å². The minimum atomic E-state index is -2.91. The number of fused-ring (bicyclic) bond motifs is 7. The predicted molar refractivity (Wildman–Crippen MR) is 231 cm³/mol. The number of aryl methyl sites for hydroxylation is 1. The highest BCUT2D eigenvalue weighted by Crippen LogP contribution is 2.41. The van der Waals surface area contributed by atoms with Gasteiger partial charge in [-0.3, -0.25) is 4.57 Å². The van der Waals surface area contributed by atoms with E-state index in [2.05, 4.69) is 106 Å². The van der Waals surface area contributed by atoms with Crippen molar-refractivity contribution in [2.24, 2.45) is 7.05 Å². The Bertz CT molecular complexity index is 3120. The topological polar surface area (TPSA) is 44.9 Å². The summed E-state index contributed by atoms with van der Waals surface area (Å²) in [5.41, 5.74) is 6.50. The standard InChI is InChI=1S/C50H35FN4OSi/c1-54-42-27-11-9-25-40(42)53-49(54)35-18-14-16-33(30-35)47(51)34-17-15-19-36(31-34)55-41-26-10-8-24-39(41)46-48-45(32-52-50(46)55)57(37-20-4-2-5-21-37,38-22-6-3-7-23-38)44-29-13-12-28-43(44)56-48/h2-32,47H,1H3. The SMILES string of the molecule is Cn1c(-c2cccc(C(F)c3cccc(-n4c5ccccc5c5c6c(cnc54)[Si](c4ccccc4)(c4ccccc4)c4ccccc4O6)c3)c2)nc2ccccc21. The summed E-state index contributed by atoms with van der Waals surface area (Å²) < 4.78 is 28.1. The summed E-state index contributed by atoms with van der Waals surface area (Å²) in [7, 11) is -0.907. The second-order valence-electron chi connectivity index (χ2n) is 14.7. The van der Waals surface area contributed by atoms with Gasteiger partial charge in [-0.2, -0.15) is 0 Å². The van der Waals surface area contributed by atoms with Gasteiger partial charge < -0.3 is 9.30 Å². The molecule has 0 spiro atoms. The summed E-state index contributed by atoms with van der Waals surface area (Å²) in [6.45, 7) is 0. The number of alkyl halides is 1. The number of benzene rings is 7. The summed E-state index contributed by atoms with van der Waals surface area (Å²) in [5.74, 6) is 2.48. The van der Waals surface area contributed by atoms with Crippen molar-refractivity contribution in [2.75, 3.05) is 0 Å². The maximum Gasteiger partial charge on any atom is 0.190 e. The molecule has 57 heavy (non-hydrogen) atoms. The number of ether oxygens (including phenoxy) is 1. The van der Waals surface area contributed by atoms with Gasteiger partial charge in [0.2, 0.25) is 0 Å². The minimum absolute atomic E-state index is 0.559. The van der Waals surface area contributed by atoms with Crippen molar-refractivity contribution in [3.05, 3.63) is 199 Å². The van der Waals surface area contributed by atoms with E-state index < -0.39 is 14.2 Å². The molecule has 272 valence electrons. The van der Waals surface area contributed by atoms with Gasteiger partial charge in [0.05, 0.1) is 21.9 Å². The van der Waals surface area contributed by atoms with E-state index in [4.69, 9.17) is 14.7 Å². The molecule has 0 fully saturated rings. The van der Waals surface area contributed by atoms with Gasteiger partial charge in [0.1, 0.15) is 23.0 Å². The fourth-order valence-electron chi connectivity index (χ4n) is 9.06. The summed E-state index contributed by atoms with van der Waals surface area (Å²) in [6.07, 6.45) is 0.681. The molecule has 1 unspecified atom stereocenters. The first-order chi connectivity index (χ1) is 28.1. The van der Waals surface area contributed by atoms with Crippen LogP contribution in [0.15, 0.2) is 188 Å². The van der Waals surface area contributed by atoms with Gasteiger partial charge in [-0.15, -0.1) is 0 Å². The number of aromatic nitrogens is 4. The second kappa shape index (κ2) is 13.0. The number of rotatable bonds is 6. The zero-order valence-corrected chi connectivity index (χ0v) is 32.1. The van der Waals surface area contributed by atoms with Crippen molar-refractivity contribution < 1.29 is 9.13 Å². The Morgan fingerprint density at radius 3 is 2.04 bits per heavy atom. The zero-order chi connectivity index (χ0) is 38.1. The first-order valence-corrected chi connectivity index (χ1v) is 21.2.